The molecule has 2 rings (SSSR count). The molecule has 1 atom stereocenters. The highest BCUT2D eigenvalue weighted by molar-refractivity contribution is 5.85. The fourth-order valence-corrected chi connectivity index (χ4v) is 2.24. The number of rotatable bonds is 2. The van der Waals surface area contributed by atoms with E-state index in [2.05, 4.69) is 17.1 Å². The molecule has 1 saturated heterocycles. The number of aryl methyl sites for hydroxylation is 1. The highest BCUT2D eigenvalue weighted by Gasteiger charge is 2.20. The number of benzene rings is 1. The van der Waals surface area contributed by atoms with Crippen molar-refractivity contribution in [2.75, 3.05) is 26.2 Å². The van der Waals surface area contributed by atoms with Crippen LogP contribution >= 0.6 is 24.8 Å². The highest BCUT2D eigenvalue weighted by Crippen LogP contribution is 2.23. The standard InChI is InChI=1S/C13H19FN2.2ClH/c1-10-3-4-12(13(14)9-10)11(2)16-7-5-15-6-8-16;;/h3-4,9,11,15H,5-8H2,1-2H3;2*1H/t11-;;/m0../s1. The van der Waals surface area contributed by atoms with Gasteiger partial charge in [-0.25, -0.2) is 4.39 Å². The maximum Gasteiger partial charge on any atom is 0.128 e. The monoisotopic (exact) mass is 294 g/mol. The summed E-state index contributed by atoms with van der Waals surface area (Å²) in [5, 5.41) is 3.31. The number of nitrogens with one attached hydrogen (secondary N) is 1. The molecule has 1 aromatic carbocycles. The SMILES string of the molecule is Cc1ccc([C@H](C)N2CCNCC2)c(F)c1.Cl.Cl. The summed E-state index contributed by atoms with van der Waals surface area (Å²) in [6.07, 6.45) is 0. The normalized spacial score (nSPS) is 17.5. The Morgan fingerprint density at radius 1 is 1.22 bits per heavy atom. The zero-order valence-electron chi connectivity index (χ0n) is 10.8. The van der Waals surface area contributed by atoms with Crippen LogP contribution < -0.4 is 5.32 Å². The predicted molar refractivity (Wildman–Crippen MR) is 78.5 cm³/mol. The Morgan fingerprint density at radius 2 is 1.83 bits per heavy atom. The lowest BCUT2D eigenvalue weighted by molar-refractivity contribution is 0.182. The number of piperazine rings is 1. The van der Waals surface area contributed by atoms with Crippen LogP contribution in [0.25, 0.3) is 0 Å². The van der Waals surface area contributed by atoms with Gasteiger partial charge in [0.2, 0.25) is 0 Å². The summed E-state index contributed by atoms with van der Waals surface area (Å²) in [6, 6.07) is 5.69. The van der Waals surface area contributed by atoms with Crippen molar-refractivity contribution in [3.8, 4) is 0 Å². The third-order valence-electron chi connectivity index (χ3n) is 3.31. The molecule has 1 aliphatic heterocycles. The van der Waals surface area contributed by atoms with Gasteiger partial charge in [-0.15, -0.1) is 24.8 Å². The minimum absolute atomic E-state index is 0. The third-order valence-corrected chi connectivity index (χ3v) is 3.31. The van der Waals surface area contributed by atoms with Gasteiger partial charge >= 0.3 is 0 Å². The van der Waals surface area contributed by atoms with E-state index in [4.69, 9.17) is 0 Å². The van der Waals surface area contributed by atoms with Crippen LogP contribution in [0.3, 0.4) is 0 Å². The summed E-state index contributed by atoms with van der Waals surface area (Å²) in [5.41, 5.74) is 1.79. The highest BCUT2D eigenvalue weighted by atomic mass is 35.5. The van der Waals surface area contributed by atoms with E-state index in [1.807, 2.05) is 19.1 Å². The van der Waals surface area contributed by atoms with Crippen LogP contribution in [-0.2, 0) is 0 Å². The van der Waals surface area contributed by atoms with Crippen LogP contribution in [-0.4, -0.2) is 31.1 Å². The Labute approximate surface area is 121 Å². The fourth-order valence-electron chi connectivity index (χ4n) is 2.24. The topological polar surface area (TPSA) is 15.3 Å². The molecule has 5 heteroatoms. The Hall–Kier alpha value is -0.350. The Balaban J connectivity index is 0.00000144. The van der Waals surface area contributed by atoms with Crippen LogP contribution in [0.5, 0.6) is 0 Å². The zero-order chi connectivity index (χ0) is 11.5. The molecule has 0 bridgehead atoms. The minimum atomic E-state index is -0.0777. The van der Waals surface area contributed by atoms with Gasteiger partial charge in [-0.1, -0.05) is 12.1 Å². The van der Waals surface area contributed by atoms with E-state index >= 15 is 0 Å². The fraction of sp³-hybridized carbons (Fsp3) is 0.538. The lowest BCUT2D eigenvalue weighted by Crippen LogP contribution is -2.44. The van der Waals surface area contributed by atoms with Gasteiger partial charge in [-0.3, -0.25) is 4.90 Å². The van der Waals surface area contributed by atoms with Crippen molar-refractivity contribution in [2.24, 2.45) is 0 Å². The van der Waals surface area contributed by atoms with E-state index in [0.29, 0.717) is 0 Å². The minimum Gasteiger partial charge on any atom is -0.314 e. The number of hydrogen-bond donors (Lipinski definition) is 1. The van der Waals surface area contributed by atoms with Crippen LogP contribution in [0.2, 0.25) is 0 Å². The summed E-state index contributed by atoms with van der Waals surface area (Å²) in [5.74, 6) is -0.0777. The van der Waals surface area contributed by atoms with Crippen molar-refractivity contribution in [1.29, 1.82) is 0 Å². The third kappa shape index (κ3) is 4.09. The lowest BCUT2D eigenvalue weighted by Gasteiger charge is -2.33. The summed E-state index contributed by atoms with van der Waals surface area (Å²) >= 11 is 0. The summed E-state index contributed by atoms with van der Waals surface area (Å²) in [4.78, 5) is 2.32. The Bertz CT molecular complexity index is 368. The molecule has 0 radical (unpaired) electrons. The van der Waals surface area contributed by atoms with E-state index in [-0.39, 0.29) is 36.7 Å². The van der Waals surface area contributed by atoms with E-state index in [1.54, 1.807) is 6.07 Å². The maximum atomic E-state index is 13.8. The second-order valence-corrected chi connectivity index (χ2v) is 4.49. The molecule has 1 N–H and O–H groups in total. The Morgan fingerprint density at radius 3 is 2.39 bits per heavy atom. The van der Waals surface area contributed by atoms with Gasteiger partial charge in [0.25, 0.3) is 0 Å². The molecule has 1 aliphatic rings. The van der Waals surface area contributed by atoms with E-state index < -0.39 is 0 Å². The van der Waals surface area contributed by atoms with Gasteiger partial charge < -0.3 is 5.32 Å². The number of hydrogen-bond acceptors (Lipinski definition) is 2. The number of halogens is 3. The van der Waals surface area contributed by atoms with Crippen molar-refractivity contribution in [1.82, 2.24) is 10.2 Å². The van der Waals surface area contributed by atoms with Crippen LogP contribution in [0.4, 0.5) is 4.39 Å². The molecule has 2 nitrogen and oxygen atoms in total. The van der Waals surface area contributed by atoms with Crippen molar-refractivity contribution in [2.45, 2.75) is 19.9 Å². The van der Waals surface area contributed by atoms with Gasteiger partial charge in [-0.2, -0.15) is 0 Å². The average molecular weight is 295 g/mol. The van der Waals surface area contributed by atoms with Crippen molar-refractivity contribution < 1.29 is 4.39 Å². The molecule has 0 unspecified atom stereocenters. The second-order valence-electron chi connectivity index (χ2n) is 4.49. The largest absolute Gasteiger partial charge is 0.314 e. The van der Waals surface area contributed by atoms with Gasteiger partial charge in [0.15, 0.2) is 0 Å². The van der Waals surface area contributed by atoms with Crippen LogP contribution in [0, 0.1) is 12.7 Å². The molecule has 0 saturated carbocycles. The smallest absolute Gasteiger partial charge is 0.128 e. The molecule has 1 heterocycles. The van der Waals surface area contributed by atoms with Gasteiger partial charge in [0.05, 0.1) is 0 Å². The molecule has 0 spiro atoms. The second kappa shape index (κ2) is 7.95. The molecule has 0 aliphatic carbocycles. The first-order valence-electron chi connectivity index (χ1n) is 5.89. The van der Waals surface area contributed by atoms with Gasteiger partial charge in [0.1, 0.15) is 5.82 Å². The average Bonchev–Trinajstić information content (AvgIpc) is 2.29. The molecular weight excluding hydrogens is 274 g/mol. The molecule has 1 aromatic rings. The van der Waals surface area contributed by atoms with Crippen molar-refractivity contribution >= 4 is 24.8 Å². The van der Waals surface area contributed by atoms with Gasteiger partial charge in [-0.05, 0) is 25.5 Å². The molecule has 0 amide bonds. The van der Waals surface area contributed by atoms with E-state index in [0.717, 1.165) is 37.3 Å². The quantitative estimate of drug-likeness (QED) is 0.902. The molecule has 0 aromatic heterocycles. The van der Waals surface area contributed by atoms with Crippen molar-refractivity contribution in [3.05, 3.63) is 35.1 Å². The maximum absolute atomic E-state index is 13.8. The molecule has 18 heavy (non-hydrogen) atoms. The molecule has 104 valence electrons. The predicted octanol–water partition coefficient (Wildman–Crippen LogP) is 2.94. The first kappa shape index (κ1) is 17.6. The summed E-state index contributed by atoms with van der Waals surface area (Å²) < 4.78 is 13.8. The number of nitrogens with zero attached hydrogens (tertiary/aromatic N) is 1. The first-order chi connectivity index (χ1) is 7.68. The lowest BCUT2D eigenvalue weighted by atomic mass is 10.0. The van der Waals surface area contributed by atoms with E-state index in [9.17, 15) is 4.39 Å². The van der Waals surface area contributed by atoms with Gasteiger partial charge in [0, 0.05) is 37.8 Å². The van der Waals surface area contributed by atoms with E-state index in [1.165, 1.54) is 0 Å². The van der Waals surface area contributed by atoms with Crippen LogP contribution in [0.1, 0.15) is 24.1 Å². The summed E-state index contributed by atoms with van der Waals surface area (Å²) in [7, 11) is 0. The zero-order valence-corrected chi connectivity index (χ0v) is 12.4. The molecular formula is C13H21Cl2FN2. The molecule has 1 fully saturated rings. The van der Waals surface area contributed by atoms with Crippen molar-refractivity contribution in [3.63, 3.8) is 0 Å². The summed E-state index contributed by atoms with van der Waals surface area (Å²) in [6.45, 7) is 7.99. The first-order valence-corrected chi connectivity index (χ1v) is 5.89. The van der Waals surface area contributed by atoms with Crippen LogP contribution in [0.15, 0.2) is 18.2 Å². The Kier molecular flexibility index (Phi) is 7.79.